The highest BCUT2D eigenvalue weighted by atomic mass is 19.1. The third-order valence-electron chi connectivity index (χ3n) is 1.71. The van der Waals surface area contributed by atoms with E-state index in [1.54, 1.807) is 0 Å². The maximum atomic E-state index is 13.3. The van der Waals surface area contributed by atoms with E-state index in [0.29, 0.717) is 5.56 Å². The molecule has 1 aromatic rings. The molecule has 0 saturated carbocycles. The van der Waals surface area contributed by atoms with Crippen LogP contribution in [0.5, 0.6) is 5.75 Å². The van der Waals surface area contributed by atoms with E-state index in [1.807, 2.05) is 0 Å². The molecule has 16 heavy (non-hydrogen) atoms. The Bertz CT molecular complexity index is 402. The number of carboxylic acids is 1. The van der Waals surface area contributed by atoms with Crippen molar-refractivity contribution >= 4 is 12.0 Å². The van der Waals surface area contributed by atoms with Crippen LogP contribution in [-0.2, 0) is 4.79 Å². The molecule has 0 amide bonds. The predicted molar refractivity (Wildman–Crippen MR) is 54.5 cm³/mol. The van der Waals surface area contributed by atoms with Gasteiger partial charge in [-0.05, 0) is 23.8 Å². The largest absolute Gasteiger partial charge is 0.488 e. The summed E-state index contributed by atoms with van der Waals surface area (Å²) >= 11 is 0. The normalized spacial score (nSPS) is 10.6. The molecule has 1 rings (SSSR count). The van der Waals surface area contributed by atoms with Gasteiger partial charge in [0.05, 0.1) is 0 Å². The molecule has 0 bridgehead atoms. The Balaban J connectivity index is 2.78. The van der Waals surface area contributed by atoms with Crippen LogP contribution < -0.4 is 4.74 Å². The van der Waals surface area contributed by atoms with Crippen LogP contribution in [0.15, 0.2) is 24.3 Å². The second-order valence-corrected chi connectivity index (χ2v) is 2.90. The Hall–Kier alpha value is -1.91. The first kappa shape index (κ1) is 12.2. The van der Waals surface area contributed by atoms with E-state index in [9.17, 15) is 13.6 Å². The van der Waals surface area contributed by atoms with Gasteiger partial charge in [-0.2, -0.15) is 0 Å². The molecule has 0 atom stereocenters. The lowest BCUT2D eigenvalue weighted by atomic mass is 10.2. The molecule has 0 aliphatic heterocycles. The minimum Gasteiger partial charge on any atom is -0.488 e. The van der Waals surface area contributed by atoms with Gasteiger partial charge in [0.15, 0.2) is 11.6 Å². The summed E-state index contributed by atoms with van der Waals surface area (Å²) in [5.74, 6) is -1.82. The number of carboxylic acid groups (broad SMARTS) is 1. The average molecular weight is 228 g/mol. The number of aliphatic carboxylic acids is 1. The lowest BCUT2D eigenvalue weighted by molar-refractivity contribution is -0.131. The maximum Gasteiger partial charge on any atom is 0.328 e. The van der Waals surface area contributed by atoms with Crippen LogP contribution in [0.2, 0.25) is 0 Å². The molecule has 0 spiro atoms. The van der Waals surface area contributed by atoms with Crippen LogP contribution in [-0.4, -0.2) is 24.4 Å². The zero-order valence-corrected chi connectivity index (χ0v) is 8.32. The Labute approximate surface area is 91.0 Å². The molecule has 0 heterocycles. The summed E-state index contributed by atoms with van der Waals surface area (Å²) in [7, 11) is 0. The Kier molecular flexibility index (Phi) is 4.44. The first-order valence-electron chi connectivity index (χ1n) is 4.53. The van der Waals surface area contributed by atoms with Gasteiger partial charge in [0.2, 0.25) is 0 Å². The molecule has 1 N–H and O–H groups in total. The molecule has 0 unspecified atom stereocenters. The smallest absolute Gasteiger partial charge is 0.328 e. The van der Waals surface area contributed by atoms with Gasteiger partial charge in [-0.25, -0.2) is 13.6 Å². The molecule has 0 fully saturated rings. The highest BCUT2D eigenvalue weighted by Gasteiger charge is 2.03. The van der Waals surface area contributed by atoms with E-state index in [0.717, 1.165) is 12.1 Å². The second kappa shape index (κ2) is 5.85. The molecular weight excluding hydrogens is 218 g/mol. The van der Waals surface area contributed by atoms with E-state index in [-0.39, 0.29) is 12.4 Å². The molecule has 5 heteroatoms. The van der Waals surface area contributed by atoms with Crippen LogP contribution in [0.4, 0.5) is 8.78 Å². The van der Waals surface area contributed by atoms with E-state index in [4.69, 9.17) is 9.84 Å². The first-order valence-corrected chi connectivity index (χ1v) is 4.53. The van der Waals surface area contributed by atoms with Crippen molar-refractivity contribution in [2.75, 3.05) is 13.3 Å². The van der Waals surface area contributed by atoms with Gasteiger partial charge in [0.1, 0.15) is 13.3 Å². The van der Waals surface area contributed by atoms with Gasteiger partial charge in [0.25, 0.3) is 0 Å². The number of halogens is 2. The number of rotatable bonds is 5. The minimum atomic E-state index is -1.11. The molecule has 0 aromatic heterocycles. The fourth-order valence-electron chi connectivity index (χ4n) is 1.05. The number of alkyl halides is 1. The van der Waals surface area contributed by atoms with E-state index in [2.05, 4.69) is 0 Å². The van der Waals surface area contributed by atoms with Crippen LogP contribution in [0.1, 0.15) is 5.56 Å². The molecule has 0 radical (unpaired) electrons. The standard InChI is InChI=1S/C11H10F2O3/c12-5-6-16-10-3-1-8(7-9(10)13)2-4-11(14)15/h1-4,7H,5-6H2,(H,14,15)/b4-2+. The summed E-state index contributed by atoms with van der Waals surface area (Å²) in [6.45, 7) is -0.901. The van der Waals surface area contributed by atoms with Gasteiger partial charge < -0.3 is 9.84 Å². The number of hydrogen-bond donors (Lipinski definition) is 1. The molecule has 0 aliphatic carbocycles. The van der Waals surface area contributed by atoms with Crippen molar-refractivity contribution in [1.82, 2.24) is 0 Å². The molecule has 1 aromatic carbocycles. The SMILES string of the molecule is O=C(O)/C=C/c1ccc(OCCF)c(F)c1. The third kappa shape index (κ3) is 3.68. The Morgan fingerprint density at radius 3 is 2.81 bits per heavy atom. The van der Waals surface area contributed by atoms with Gasteiger partial charge in [0, 0.05) is 6.08 Å². The lowest BCUT2D eigenvalue weighted by Crippen LogP contribution is -2.00. The van der Waals surface area contributed by atoms with Crippen LogP contribution in [0.25, 0.3) is 6.08 Å². The van der Waals surface area contributed by atoms with Crippen molar-refractivity contribution in [2.45, 2.75) is 0 Å². The van der Waals surface area contributed by atoms with Crippen molar-refractivity contribution in [2.24, 2.45) is 0 Å². The van der Waals surface area contributed by atoms with E-state index < -0.39 is 18.5 Å². The van der Waals surface area contributed by atoms with E-state index in [1.165, 1.54) is 18.2 Å². The second-order valence-electron chi connectivity index (χ2n) is 2.90. The van der Waals surface area contributed by atoms with Gasteiger partial charge in [-0.1, -0.05) is 6.07 Å². The maximum absolute atomic E-state index is 13.3. The Morgan fingerprint density at radius 2 is 2.25 bits per heavy atom. The summed E-state index contributed by atoms with van der Waals surface area (Å²) < 4.78 is 29.8. The first-order chi connectivity index (χ1) is 7.63. The van der Waals surface area contributed by atoms with Crippen molar-refractivity contribution in [1.29, 1.82) is 0 Å². The summed E-state index contributed by atoms with van der Waals surface area (Å²) in [4.78, 5) is 10.2. The lowest BCUT2D eigenvalue weighted by Gasteiger charge is -2.05. The average Bonchev–Trinajstić information content (AvgIpc) is 2.25. The molecule has 3 nitrogen and oxygen atoms in total. The van der Waals surface area contributed by atoms with Crippen molar-refractivity contribution in [3.8, 4) is 5.75 Å². The summed E-state index contributed by atoms with van der Waals surface area (Å²) in [6, 6.07) is 3.93. The van der Waals surface area contributed by atoms with E-state index >= 15 is 0 Å². The Morgan fingerprint density at radius 1 is 1.50 bits per heavy atom. The van der Waals surface area contributed by atoms with Crippen LogP contribution in [0, 0.1) is 5.82 Å². The fraction of sp³-hybridized carbons (Fsp3) is 0.182. The van der Waals surface area contributed by atoms with Crippen molar-refractivity contribution in [3.05, 3.63) is 35.7 Å². The number of ether oxygens (including phenoxy) is 1. The number of carbonyl (C=O) groups is 1. The van der Waals surface area contributed by atoms with Crippen molar-refractivity contribution < 1.29 is 23.4 Å². The molecule has 86 valence electrons. The summed E-state index contributed by atoms with van der Waals surface area (Å²) in [5, 5.41) is 8.37. The van der Waals surface area contributed by atoms with Gasteiger partial charge >= 0.3 is 5.97 Å². The summed E-state index contributed by atoms with van der Waals surface area (Å²) in [5.41, 5.74) is 0.396. The number of hydrogen-bond acceptors (Lipinski definition) is 2. The fourth-order valence-corrected chi connectivity index (χ4v) is 1.05. The highest BCUT2D eigenvalue weighted by molar-refractivity contribution is 5.85. The number of benzene rings is 1. The molecular formula is C11H10F2O3. The van der Waals surface area contributed by atoms with Crippen molar-refractivity contribution in [3.63, 3.8) is 0 Å². The zero-order valence-electron chi connectivity index (χ0n) is 8.32. The minimum absolute atomic E-state index is 0.0508. The third-order valence-corrected chi connectivity index (χ3v) is 1.71. The topological polar surface area (TPSA) is 46.5 Å². The quantitative estimate of drug-likeness (QED) is 0.786. The van der Waals surface area contributed by atoms with Crippen LogP contribution in [0.3, 0.4) is 0 Å². The van der Waals surface area contributed by atoms with Crippen LogP contribution >= 0.6 is 0 Å². The highest BCUT2D eigenvalue weighted by Crippen LogP contribution is 2.19. The molecule has 0 aliphatic rings. The summed E-state index contributed by atoms with van der Waals surface area (Å²) in [6.07, 6.45) is 2.15. The predicted octanol–water partition coefficient (Wildman–Crippen LogP) is 2.27. The zero-order chi connectivity index (χ0) is 12.0. The van der Waals surface area contributed by atoms with Gasteiger partial charge in [-0.15, -0.1) is 0 Å². The molecule has 0 saturated heterocycles. The van der Waals surface area contributed by atoms with Gasteiger partial charge in [-0.3, -0.25) is 0 Å². The monoisotopic (exact) mass is 228 g/mol.